The minimum atomic E-state index is 0.112. The fourth-order valence-corrected chi connectivity index (χ4v) is 2.46. The third-order valence-electron chi connectivity index (χ3n) is 2.88. The molecule has 3 heteroatoms. The number of amides is 1. The van der Waals surface area contributed by atoms with Gasteiger partial charge in [-0.1, -0.05) is 0 Å². The van der Waals surface area contributed by atoms with E-state index in [2.05, 4.69) is 10.6 Å². The molecule has 0 aromatic carbocycles. The van der Waals surface area contributed by atoms with Crippen LogP contribution in [0.15, 0.2) is 0 Å². The Bertz CT molecular complexity index is 181. The van der Waals surface area contributed by atoms with E-state index in [9.17, 15) is 4.79 Å². The summed E-state index contributed by atoms with van der Waals surface area (Å²) in [4.78, 5) is 10.8. The zero-order valence-corrected chi connectivity index (χ0v) is 7.47. The number of nitrogens with one attached hydrogen (secondary N) is 2. The Morgan fingerprint density at radius 3 is 2.42 bits per heavy atom. The maximum Gasteiger partial charge on any atom is 0.217 e. The van der Waals surface area contributed by atoms with E-state index >= 15 is 0 Å². The molecule has 0 aromatic heterocycles. The third kappa shape index (κ3) is 1.61. The van der Waals surface area contributed by atoms with Gasteiger partial charge < -0.3 is 10.6 Å². The first-order chi connectivity index (χ1) is 5.74. The summed E-state index contributed by atoms with van der Waals surface area (Å²) in [5, 5.41) is 6.55. The fourth-order valence-electron chi connectivity index (χ4n) is 2.46. The van der Waals surface area contributed by atoms with E-state index in [1.54, 1.807) is 6.92 Å². The molecule has 2 saturated heterocycles. The summed E-state index contributed by atoms with van der Waals surface area (Å²) in [6.07, 6.45) is 4.83. The van der Waals surface area contributed by atoms with Gasteiger partial charge >= 0.3 is 0 Å². The molecule has 0 aromatic rings. The van der Waals surface area contributed by atoms with Gasteiger partial charge in [0.1, 0.15) is 0 Å². The van der Waals surface area contributed by atoms with Crippen molar-refractivity contribution in [2.45, 2.75) is 50.7 Å². The van der Waals surface area contributed by atoms with Gasteiger partial charge in [0.05, 0.1) is 0 Å². The lowest BCUT2D eigenvalue weighted by atomic mass is 10.00. The van der Waals surface area contributed by atoms with E-state index in [1.807, 2.05) is 0 Å². The molecule has 3 atom stereocenters. The molecule has 2 bridgehead atoms. The highest BCUT2D eigenvalue weighted by Crippen LogP contribution is 2.26. The summed E-state index contributed by atoms with van der Waals surface area (Å²) < 4.78 is 0. The monoisotopic (exact) mass is 168 g/mol. The van der Waals surface area contributed by atoms with Gasteiger partial charge in [0, 0.05) is 25.0 Å². The summed E-state index contributed by atoms with van der Waals surface area (Å²) in [7, 11) is 0. The molecule has 2 aliphatic rings. The molecule has 12 heavy (non-hydrogen) atoms. The summed E-state index contributed by atoms with van der Waals surface area (Å²) in [6.45, 7) is 1.60. The van der Waals surface area contributed by atoms with Gasteiger partial charge in [0.2, 0.25) is 5.91 Å². The largest absolute Gasteiger partial charge is 0.353 e. The highest BCUT2D eigenvalue weighted by molar-refractivity contribution is 5.73. The molecule has 0 radical (unpaired) electrons. The quantitative estimate of drug-likeness (QED) is 0.595. The summed E-state index contributed by atoms with van der Waals surface area (Å²) in [5.41, 5.74) is 0. The van der Waals surface area contributed by atoms with Crippen molar-refractivity contribution in [3.05, 3.63) is 0 Å². The Balaban J connectivity index is 1.89. The Morgan fingerprint density at radius 1 is 1.33 bits per heavy atom. The van der Waals surface area contributed by atoms with Crippen LogP contribution in [0.4, 0.5) is 0 Å². The van der Waals surface area contributed by atoms with E-state index in [0.717, 1.165) is 12.8 Å². The van der Waals surface area contributed by atoms with Gasteiger partial charge in [-0.3, -0.25) is 4.79 Å². The van der Waals surface area contributed by atoms with Crippen LogP contribution < -0.4 is 10.6 Å². The number of hydrogen-bond acceptors (Lipinski definition) is 2. The maximum absolute atomic E-state index is 10.8. The molecular weight excluding hydrogens is 152 g/mol. The van der Waals surface area contributed by atoms with E-state index in [0.29, 0.717) is 18.1 Å². The van der Waals surface area contributed by atoms with Crippen molar-refractivity contribution in [3.63, 3.8) is 0 Å². The lowest BCUT2D eigenvalue weighted by Gasteiger charge is -2.29. The van der Waals surface area contributed by atoms with Crippen LogP contribution in [0, 0.1) is 0 Å². The second-order valence-corrected chi connectivity index (χ2v) is 4.01. The SMILES string of the molecule is CC(=O)NC1CC2CC[C@H](C1)N2. The molecule has 2 rings (SSSR count). The second kappa shape index (κ2) is 3.05. The highest BCUT2D eigenvalue weighted by atomic mass is 16.1. The molecule has 2 fully saturated rings. The van der Waals surface area contributed by atoms with E-state index < -0.39 is 0 Å². The Labute approximate surface area is 72.9 Å². The van der Waals surface area contributed by atoms with Crippen LogP contribution in [0.2, 0.25) is 0 Å². The van der Waals surface area contributed by atoms with Gasteiger partial charge in [0.15, 0.2) is 0 Å². The Hall–Kier alpha value is -0.570. The maximum atomic E-state index is 10.8. The molecule has 1 amide bonds. The number of hydrogen-bond donors (Lipinski definition) is 2. The lowest BCUT2D eigenvalue weighted by molar-refractivity contribution is -0.119. The molecule has 0 saturated carbocycles. The summed E-state index contributed by atoms with van der Waals surface area (Å²) in [5.74, 6) is 0.112. The minimum absolute atomic E-state index is 0.112. The average molecular weight is 168 g/mol. The second-order valence-electron chi connectivity index (χ2n) is 4.01. The zero-order valence-electron chi connectivity index (χ0n) is 7.47. The van der Waals surface area contributed by atoms with Crippen LogP contribution in [-0.2, 0) is 4.79 Å². The van der Waals surface area contributed by atoms with Crippen molar-refractivity contribution >= 4 is 5.91 Å². The molecule has 68 valence electrons. The average Bonchev–Trinajstić information content (AvgIpc) is 2.29. The van der Waals surface area contributed by atoms with Crippen LogP contribution in [0.25, 0.3) is 0 Å². The first-order valence-corrected chi connectivity index (χ1v) is 4.77. The van der Waals surface area contributed by atoms with Crippen LogP contribution in [0.5, 0.6) is 0 Å². The van der Waals surface area contributed by atoms with Gasteiger partial charge in [-0.25, -0.2) is 0 Å². The van der Waals surface area contributed by atoms with Crippen molar-refractivity contribution < 1.29 is 4.79 Å². The molecule has 2 aliphatic heterocycles. The van der Waals surface area contributed by atoms with Crippen molar-refractivity contribution in [1.29, 1.82) is 0 Å². The fraction of sp³-hybridized carbons (Fsp3) is 0.889. The van der Waals surface area contributed by atoms with E-state index in [1.165, 1.54) is 12.8 Å². The van der Waals surface area contributed by atoms with Crippen LogP contribution in [0.3, 0.4) is 0 Å². The van der Waals surface area contributed by atoms with Crippen molar-refractivity contribution in [1.82, 2.24) is 10.6 Å². The summed E-state index contributed by atoms with van der Waals surface area (Å²) in [6, 6.07) is 1.77. The first kappa shape index (κ1) is 8.05. The van der Waals surface area contributed by atoms with Crippen molar-refractivity contribution in [2.24, 2.45) is 0 Å². The minimum Gasteiger partial charge on any atom is -0.353 e. The van der Waals surface area contributed by atoms with Gasteiger partial charge in [-0.05, 0) is 25.7 Å². The predicted octanol–water partition coefficient (Wildman–Crippen LogP) is 0.406. The Morgan fingerprint density at radius 2 is 1.92 bits per heavy atom. The number of carbonyl (C=O) groups is 1. The Kier molecular flexibility index (Phi) is 2.05. The predicted molar refractivity (Wildman–Crippen MR) is 46.8 cm³/mol. The lowest BCUT2D eigenvalue weighted by Crippen LogP contribution is -2.47. The molecular formula is C9H16N2O. The molecule has 2 unspecified atom stereocenters. The summed E-state index contributed by atoms with van der Waals surface area (Å²) >= 11 is 0. The number of rotatable bonds is 1. The number of fused-ring (bicyclic) bond motifs is 2. The normalized spacial score (nSPS) is 39.6. The topological polar surface area (TPSA) is 41.1 Å². The molecule has 2 heterocycles. The highest BCUT2D eigenvalue weighted by Gasteiger charge is 2.33. The molecule has 0 spiro atoms. The number of piperidine rings is 1. The third-order valence-corrected chi connectivity index (χ3v) is 2.88. The molecule has 3 nitrogen and oxygen atoms in total. The number of carbonyl (C=O) groups excluding carboxylic acids is 1. The van der Waals surface area contributed by atoms with Crippen molar-refractivity contribution in [2.75, 3.05) is 0 Å². The van der Waals surface area contributed by atoms with Gasteiger partial charge in [-0.2, -0.15) is 0 Å². The van der Waals surface area contributed by atoms with Crippen LogP contribution in [-0.4, -0.2) is 24.0 Å². The smallest absolute Gasteiger partial charge is 0.217 e. The van der Waals surface area contributed by atoms with Crippen molar-refractivity contribution in [3.8, 4) is 0 Å². The standard InChI is InChI=1S/C9H16N2O/c1-6(12)10-9-4-7-2-3-8(5-9)11-7/h7-9,11H,2-5H2,1H3,(H,10,12)/t7-,8?,9?/m1/s1. The van der Waals surface area contributed by atoms with E-state index in [4.69, 9.17) is 0 Å². The van der Waals surface area contributed by atoms with E-state index in [-0.39, 0.29) is 5.91 Å². The molecule has 0 aliphatic carbocycles. The first-order valence-electron chi connectivity index (χ1n) is 4.77. The van der Waals surface area contributed by atoms with Gasteiger partial charge in [0.25, 0.3) is 0 Å². The van der Waals surface area contributed by atoms with Crippen LogP contribution in [0.1, 0.15) is 32.6 Å². The zero-order chi connectivity index (χ0) is 8.55. The van der Waals surface area contributed by atoms with Crippen LogP contribution >= 0.6 is 0 Å². The van der Waals surface area contributed by atoms with Gasteiger partial charge in [-0.15, -0.1) is 0 Å². The molecule has 2 N–H and O–H groups in total.